The van der Waals surface area contributed by atoms with Gasteiger partial charge in [-0.25, -0.2) is 4.39 Å². The van der Waals surface area contributed by atoms with Crippen LogP contribution < -0.4 is 10.1 Å². The fourth-order valence-corrected chi connectivity index (χ4v) is 2.57. The van der Waals surface area contributed by atoms with Crippen LogP contribution in [-0.2, 0) is 6.54 Å². The molecule has 1 N–H and O–H groups in total. The number of anilines is 1. The molecule has 1 aromatic heterocycles. The Morgan fingerprint density at radius 1 is 1.20 bits per heavy atom. The minimum absolute atomic E-state index is 0.284. The molecule has 3 rings (SSSR count). The van der Waals surface area contributed by atoms with Crippen LogP contribution in [0.4, 0.5) is 10.1 Å². The largest absolute Gasteiger partial charge is 0.496 e. The van der Waals surface area contributed by atoms with E-state index in [1.165, 1.54) is 24.3 Å². The number of benzene rings is 2. The molecule has 2 aromatic carbocycles. The zero-order chi connectivity index (χ0) is 17.8. The van der Waals surface area contributed by atoms with Gasteiger partial charge in [-0.3, -0.25) is 9.48 Å². The fourth-order valence-electron chi connectivity index (χ4n) is 2.57. The lowest BCUT2D eigenvalue weighted by Crippen LogP contribution is -2.13. The van der Waals surface area contributed by atoms with E-state index in [2.05, 4.69) is 10.4 Å². The molecule has 3 aromatic rings. The van der Waals surface area contributed by atoms with Gasteiger partial charge in [-0.2, -0.15) is 5.10 Å². The van der Waals surface area contributed by atoms with Crippen molar-refractivity contribution in [2.24, 2.45) is 0 Å². The van der Waals surface area contributed by atoms with Crippen molar-refractivity contribution >= 4 is 11.6 Å². The van der Waals surface area contributed by atoms with Gasteiger partial charge in [-0.1, -0.05) is 12.1 Å². The number of hydrogen-bond donors (Lipinski definition) is 1. The normalized spacial score (nSPS) is 10.5. The number of aryl methyl sites for hydroxylation is 1. The van der Waals surface area contributed by atoms with Gasteiger partial charge in [0.15, 0.2) is 5.69 Å². The Morgan fingerprint density at radius 3 is 2.60 bits per heavy atom. The molecule has 0 saturated heterocycles. The second-order valence-electron chi connectivity index (χ2n) is 5.39. The Hall–Kier alpha value is -3.15. The van der Waals surface area contributed by atoms with Crippen LogP contribution in [0.3, 0.4) is 0 Å². The van der Waals surface area contributed by atoms with Crippen LogP contribution in [0.15, 0.2) is 54.6 Å². The highest BCUT2D eigenvalue weighted by molar-refractivity contribution is 6.03. The summed E-state index contributed by atoms with van der Waals surface area (Å²) in [7, 11) is 1.60. The summed E-state index contributed by atoms with van der Waals surface area (Å²) in [5.41, 5.74) is 2.45. The van der Waals surface area contributed by atoms with Gasteiger partial charge < -0.3 is 10.1 Å². The predicted molar refractivity (Wildman–Crippen MR) is 94.2 cm³/mol. The monoisotopic (exact) mass is 339 g/mol. The van der Waals surface area contributed by atoms with Crippen LogP contribution in [0.25, 0.3) is 11.3 Å². The first-order valence-corrected chi connectivity index (χ1v) is 7.90. The molecule has 25 heavy (non-hydrogen) atoms. The van der Waals surface area contributed by atoms with Gasteiger partial charge in [0.2, 0.25) is 0 Å². The quantitative estimate of drug-likeness (QED) is 0.765. The number of carbonyl (C=O) groups is 1. The van der Waals surface area contributed by atoms with Gasteiger partial charge in [0.25, 0.3) is 5.91 Å². The maximum absolute atomic E-state index is 13.0. The molecule has 0 spiro atoms. The van der Waals surface area contributed by atoms with Crippen LogP contribution in [0.5, 0.6) is 5.75 Å². The molecule has 0 fully saturated rings. The van der Waals surface area contributed by atoms with E-state index in [9.17, 15) is 9.18 Å². The van der Waals surface area contributed by atoms with Crippen molar-refractivity contribution < 1.29 is 13.9 Å². The van der Waals surface area contributed by atoms with Gasteiger partial charge in [0.1, 0.15) is 11.6 Å². The highest BCUT2D eigenvalue weighted by Crippen LogP contribution is 2.30. The van der Waals surface area contributed by atoms with Gasteiger partial charge in [-0.15, -0.1) is 0 Å². The minimum atomic E-state index is -0.355. The Kier molecular flexibility index (Phi) is 4.79. The molecule has 0 unspecified atom stereocenters. The summed E-state index contributed by atoms with van der Waals surface area (Å²) >= 11 is 0. The minimum Gasteiger partial charge on any atom is -0.496 e. The van der Waals surface area contributed by atoms with Crippen molar-refractivity contribution in [1.29, 1.82) is 0 Å². The van der Waals surface area contributed by atoms with E-state index in [1.807, 2.05) is 31.2 Å². The summed E-state index contributed by atoms with van der Waals surface area (Å²) in [6.45, 7) is 2.56. The number of amides is 1. The van der Waals surface area contributed by atoms with Crippen molar-refractivity contribution in [2.75, 3.05) is 12.4 Å². The van der Waals surface area contributed by atoms with Crippen molar-refractivity contribution in [3.05, 3.63) is 66.1 Å². The van der Waals surface area contributed by atoms with E-state index in [0.717, 1.165) is 11.3 Å². The standard InChI is InChI=1S/C19H18FN3O2/c1-3-23-17(15-6-4-5-7-18(15)25-2)12-16(22-23)19(24)21-14-10-8-13(20)9-11-14/h4-12H,3H2,1-2H3,(H,21,24). The van der Waals surface area contributed by atoms with Crippen LogP contribution in [-0.4, -0.2) is 22.8 Å². The molecule has 0 aliphatic carbocycles. The van der Waals surface area contributed by atoms with Crippen molar-refractivity contribution in [2.45, 2.75) is 13.5 Å². The SMILES string of the molecule is CCn1nc(C(=O)Nc2ccc(F)cc2)cc1-c1ccccc1OC. The van der Waals surface area contributed by atoms with Crippen LogP contribution in [0.1, 0.15) is 17.4 Å². The molecule has 128 valence electrons. The van der Waals surface area contributed by atoms with E-state index < -0.39 is 0 Å². The second kappa shape index (κ2) is 7.17. The number of aromatic nitrogens is 2. The first-order valence-electron chi connectivity index (χ1n) is 7.90. The molecule has 5 nitrogen and oxygen atoms in total. The molecule has 6 heteroatoms. The number of rotatable bonds is 5. The molecular weight excluding hydrogens is 321 g/mol. The maximum Gasteiger partial charge on any atom is 0.276 e. The summed E-state index contributed by atoms with van der Waals surface area (Å²) in [6.07, 6.45) is 0. The summed E-state index contributed by atoms with van der Waals surface area (Å²) in [6, 6.07) is 14.9. The Bertz CT molecular complexity index is 888. The fraction of sp³-hybridized carbons (Fsp3) is 0.158. The number of para-hydroxylation sites is 1. The Balaban J connectivity index is 1.92. The molecule has 0 radical (unpaired) electrons. The molecule has 0 atom stereocenters. The van der Waals surface area contributed by atoms with Gasteiger partial charge in [-0.05, 0) is 49.4 Å². The lowest BCUT2D eigenvalue weighted by atomic mass is 10.1. The zero-order valence-electron chi connectivity index (χ0n) is 14.0. The summed E-state index contributed by atoms with van der Waals surface area (Å²) in [5, 5.41) is 7.09. The highest BCUT2D eigenvalue weighted by atomic mass is 19.1. The van der Waals surface area contributed by atoms with E-state index in [1.54, 1.807) is 17.9 Å². The van der Waals surface area contributed by atoms with E-state index in [-0.39, 0.29) is 17.4 Å². The molecule has 0 aliphatic rings. The average molecular weight is 339 g/mol. The molecule has 0 saturated carbocycles. The summed E-state index contributed by atoms with van der Waals surface area (Å²) in [5.74, 6) is 0.00395. The van der Waals surface area contributed by atoms with Crippen LogP contribution in [0, 0.1) is 5.82 Å². The smallest absolute Gasteiger partial charge is 0.276 e. The lowest BCUT2D eigenvalue weighted by molar-refractivity contribution is 0.102. The van der Waals surface area contributed by atoms with Gasteiger partial charge in [0.05, 0.1) is 12.8 Å². The number of nitrogens with zero attached hydrogens (tertiary/aromatic N) is 2. The molecule has 1 amide bonds. The van der Waals surface area contributed by atoms with Crippen LogP contribution in [0.2, 0.25) is 0 Å². The first kappa shape index (κ1) is 16.7. The topological polar surface area (TPSA) is 56.2 Å². The third kappa shape index (κ3) is 3.52. The van der Waals surface area contributed by atoms with Gasteiger partial charge >= 0.3 is 0 Å². The van der Waals surface area contributed by atoms with E-state index in [0.29, 0.717) is 18.0 Å². The molecular formula is C19H18FN3O2. The molecule has 0 bridgehead atoms. The summed E-state index contributed by atoms with van der Waals surface area (Å²) in [4.78, 5) is 12.5. The van der Waals surface area contributed by atoms with Crippen molar-refractivity contribution in [1.82, 2.24) is 9.78 Å². The summed E-state index contributed by atoms with van der Waals surface area (Å²) < 4.78 is 20.1. The third-order valence-corrected chi connectivity index (χ3v) is 3.80. The second-order valence-corrected chi connectivity index (χ2v) is 5.39. The lowest BCUT2D eigenvalue weighted by Gasteiger charge is -2.09. The van der Waals surface area contributed by atoms with E-state index in [4.69, 9.17) is 4.74 Å². The number of nitrogens with one attached hydrogen (secondary N) is 1. The predicted octanol–water partition coefficient (Wildman–Crippen LogP) is 3.97. The third-order valence-electron chi connectivity index (χ3n) is 3.80. The number of halogens is 1. The number of ether oxygens (including phenoxy) is 1. The first-order chi connectivity index (χ1) is 12.1. The number of methoxy groups -OCH3 is 1. The maximum atomic E-state index is 13.0. The number of carbonyl (C=O) groups excluding carboxylic acids is 1. The molecule has 1 heterocycles. The number of hydrogen-bond acceptors (Lipinski definition) is 3. The van der Waals surface area contributed by atoms with Crippen molar-refractivity contribution in [3.63, 3.8) is 0 Å². The van der Waals surface area contributed by atoms with Crippen LogP contribution >= 0.6 is 0 Å². The van der Waals surface area contributed by atoms with Crippen molar-refractivity contribution in [3.8, 4) is 17.0 Å². The average Bonchev–Trinajstić information content (AvgIpc) is 3.08. The van der Waals surface area contributed by atoms with Gasteiger partial charge in [0, 0.05) is 17.8 Å². The van der Waals surface area contributed by atoms with E-state index >= 15 is 0 Å². The molecule has 0 aliphatic heterocycles. The highest BCUT2D eigenvalue weighted by Gasteiger charge is 2.17. The Labute approximate surface area is 145 Å². The Morgan fingerprint density at radius 2 is 1.92 bits per heavy atom. The zero-order valence-corrected chi connectivity index (χ0v) is 14.0.